The molecule has 0 saturated carbocycles. The summed E-state index contributed by atoms with van der Waals surface area (Å²) >= 11 is 0. The maximum absolute atomic E-state index is 13.1. The number of benzene rings is 1. The Morgan fingerprint density at radius 3 is 2.63 bits per heavy atom. The molecule has 0 N–H and O–H groups in total. The van der Waals surface area contributed by atoms with E-state index in [0.717, 1.165) is 6.20 Å². The zero-order valence-electron chi connectivity index (χ0n) is 10.2. The lowest BCUT2D eigenvalue weighted by molar-refractivity contribution is 0.104. The van der Waals surface area contributed by atoms with Crippen LogP contribution in [0.1, 0.15) is 21.6 Å². The summed E-state index contributed by atoms with van der Waals surface area (Å²) in [4.78, 5) is 15.6. The van der Waals surface area contributed by atoms with Crippen molar-refractivity contribution in [2.45, 2.75) is 6.92 Å². The Morgan fingerprint density at radius 2 is 2.00 bits per heavy atom. The van der Waals surface area contributed by atoms with Gasteiger partial charge in [0, 0.05) is 5.56 Å². The quantitative estimate of drug-likeness (QED) is 0.623. The molecule has 0 radical (unpaired) electrons. The number of ketones is 1. The number of carbonyl (C=O) groups excluding carboxylic acids is 1. The zero-order valence-corrected chi connectivity index (χ0v) is 10.2. The fourth-order valence-electron chi connectivity index (χ4n) is 1.54. The molecule has 0 aliphatic carbocycles. The van der Waals surface area contributed by atoms with Crippen LogP contribution in [0.5, 0.6) is 0 Å². The number of allylic oxidation sites excluding steroid dienone is 1. The lowest BCUT2D eigenvalue weighted by Crippen LogP contribution is -1.96. The fourth-order valence-corrected chi connectivity index (χ4v) is 1.54. The van der Waals surface area contributed by atoms with Crippen LogP contribution in [0.25, 0.3) is 6.08 Å². The van der Waals surface area contributed by atoms with Crippen LogP contribution in [0.15, 0.2) is 42.6 Å². The van der Waals surface area contributed by atoms with Crippen LogP contribution in [0.2, 0.25) is 0 Å². The first-order valence-electron chi connectivity index (χ1n) is 5.66. The Labute approximate surface area is 109 Å². The van der Waals surface area contributed by atoms with Gasteiger partial charge in [-0.1, -0.05) is 0 Å². The molecule has 1 aromatic heterocycles. The third-order valence-corrected chi connectivity index (χ3v) is 2.60. The minimum Gasteiger partial charge on any atom is -0.289 e. The molecule has 96 valence electrons. The summed E-state index contributed by atoms with van der Waals surface area (Å²) in [6.45, 7) is 1.59. The Hall–Kier alpha value is -2.36. The van der Waals surface area contributed by atoms with E-state index in [0.29, 0.717) is 16.8 Å². The molecule has 1 aromatic carbocycles. The number of rotatable bonds is 3. The molecule has 2 aromatic rings. The van der Waals surface area contributed by atoms with E-state index >= 15 is 0 Å². The van der Waals surface area contributed by atoms with Gasteiger partial charge in [0.2, 0.25) is 0 Å². The largest absolute Gasteiger partial charge is 0.289 e. The smallest absolute Gasteiger partial charge is 0.185 e. The number of pyridine rings is 1. The minimum atomic E-state index is -0.433. The summed E-state index contributed by atoms with van der Waals surface area (Å²) in [6.07, 6.45) is 3.89. The third kappa shape index (κ3) is 3.31. The van der Waals surface area contributed by atoms with E-state index in [1.165, 1.54) is 42.5 Å². The number of hydrogen-bond acceptors (Lipinski definition) is 2. The molecule has 2 nitrogen and oxygen atoms in total. The summed E-state index contributed by atoms with van der Waals surface area (Å²) in [5.74, 6) is -1.03. The van der Waals surface area contributed by atoms with E-state index in [1.54, 1.807) is 6.92 Å². The van der Waals surface area contributed by atoms with Crippen molar-refractivity contribution >= 4 is 11.9 Å². The van der Waals surface area contributed by atoms with Crippen LogP contribution in [0, 0.1) is 18.6 Å². The summed E-state index contributed by atoms with van der Waals surface area (Å²) < 4.78 is 25.7. The first-order valence-corrected chi connectivity index (χ1v) is 5.66. The molecule has 19 heavy (non-hydrogen) atoms. The molecule has 4 heteroatoms. The van der Waals surface area contributed by atoms with Gasteiger partial charge in [-0.25, -0.2) is 8.78 Å². The molecule has 0 bridgehead atoms. The van der Waals surface area contributed by atoms with E-state index in [4.69, 9.17) is 0 Å². The molecule has 0 aliphatic heterocycles. The van der Waals surface area contributed by atoms with Crippen molar-refractivity contribution in [1.82, 2.24) is 4.98 Å². The number of halogens is 2. The van der Waals surface area contributed by atoms with Gasteiger partial charge in [0.25, 0.3) is 0 Å². The van der Waals surface area contributed by atoms with Gasteiger partial charge in [0.1, 0.15) is 11.6 Å². The Kier molecular flexibility index (Phi) is 3.80. The molecular weight excluding hydrogens is 248 g/mol. The third-order valence-electron chi connectivity index (χ3n) is 2.60. The van der Waals surface area contributed by atoms with Gasteiger partial charge in [0.05, 0.1) is 11.9 Å². The van der Waals surface area contributed by atoms with Crippen molar-refractivity contribution < 1.29 is 13.6 Å². The summed E-state index contributed by atoms with van der Waals surface area (Å²) in [6, 6.07) is 6.90. The first kappa shape index (κ1) is 13.1. The molecule has 0 aliphatic rings. The molecule has 0 atom stereocenters. The topological polar surface area (TPSA) is 30.0 Å². The Morgan fingerprint density at radius 1 is 1.21 bits per heavy atom. The van der Waals surface area contributed by atoms with Crippen LogP contribution in [0.4, 0.5) is 8.78 Å². The van der Waals surface area contributed by atoms with E-state index in [2.05, 4.69) is 4.98 Å². The number of aromatic nitrogens is 1. The molecule has 1 heterocycles. The van der Waals surface area contributed by atoms with Crippen LogP contribution in [-0.4, -0.2) is 10.8 Å². The second-order valence-corrected chi connectivity index (χ2v) is 4.06. The van der Waals surface area contributed by atoms with E-state index in [9.17, 15) is 13.6 Å². The number of nitrogens with zero attached hydrogens (tertiary/aromatic N) is 1. The lowest BCUT2D eigenvalue weighted by Gasteiger charge is -1.99. The maximum atomic E-state index is 13.1. The van der Waals surface area contributed by atoms with Gasteiger partial charge in [0.15, 0.2) is 5.78 Å². The fraction of sp³-hybridized carbons (Fsp3) is 0.0667. The van der Waals surface area contributed by atoms with Crippen molar-refractivity contribution in [3.05, 3.63) is 71.1 Å². The second kappa shape index (κ2) is 5.52. The van der Waals surface area contributed by atoms with Gasteiger partial charge >= 0.3 is 0 Å². The summed E-state index contributed by atoms with van der Waals surface area (Å²) in [7, 11) is 0. The number of aryl methyl sites for hydroxylation is 1. The van der Waals surface area contributed by atoms with Gasteiger partial charge in [-0.15, -0.1) is 0 Å². The summed E-state index contributed by atoms with van der Waals surface area (Å²) in [5, 5.41) is 0. The van der Waals surface area contributed by atoms with Crippen LogP contribution < -0.4 is 0 Å². The summed E-state index contributed by atoms with van der Waals surface area (Å²) in [5.41, 5.74) is 1.30. The van der Waals surface area contributed by atoms with E-state index < -0.39 is 5.82 Å². The van der Waals surface area contributed by atoms with Crippen LogP contribution >= 0.6 is 0 Å². The van der Waals surface area contributed by atoms with E-state index in [1.807, 2.05) is 0 Å². The molecular formula is C15H11F2NO. The van der Waals surface area contributed by atoms with Crippen molar-refractivity contribution in [1.29, 1.82) is 0 Å². The van der Waals surface area contributed by atoms with Gasteiger partial charge < -0.3 is 0 Å². The highest BCUT2D eigenvalue weighted by molar-refractivity contribution is 6.06. The predicted octanol–water partition coefficient (Wildman–Crippen LogP) is 3.56. The molecule has 0 saturated heterocycles. The Bertz CT molecular complexity index is 633. The standard InChI is InChI=1S/C15H11F2NO/c1-10-8-11(2-6-14(10)17)15(19)7-5-13-4-3-12(16)9-18-13/h2-9H,1H3. The average molecular weight is 259 g/mol. The van der Waals surface area contributed by atoms with Crippen molar-refractivity contribution in [2.75, 3.05) is 0 Å². The SMILES string of the molecule is Cc1cc(C(=O)C=Cc2ccc(F)cn2)ccc1F. The monoisotopic (exact) mass is 259 g/mol. The van der Waals surface area contributed by atoms with Crippen LogP contribution in [0.3, 0.4) is 0 Å². The second-order valence-electron chi connectivity index (χ2n) is 4.06. The Balaban J connectivity index is 2.16. The lowest BCUT2D eigenvalue weighted by atomic mass is 10.1. The molecule has 0 spiro atoms. The average Bonchev–Trinajstić information content (AvgIpc) is 2.41. The van der Waals surface area contributed by atoms with Gasteiger partial charge in [-0.2, -0.15) is 0 Å². The molecule has 0 amide bonds. The number of hydrogen-bond donors (Lipinski definition) is 0. The molecule has 2 rings (SSSR count). The zero-order chi connectivity index (χ0) is 13.8. The van der Waals surface area contributed by atoms with Crippen molar-refractivity contribution in [3.63, 3.8) is 0 Å². The molecule has 0 unspecified atom stereocenters. The van der Waals surface area contributed by atoms with Gasteiger partial charge in [-0.05, 0) is 55.0 Å². The maximum Gasteiger partial charge on any atom is 0.185 e. The van der Waals surface area contributed by atoms with Crippen molar-refractivity contribution in [2.24, 2.45) is 0 Å². The highest BCUT2D eigenvalue weighted by atomic mass is 19.1. The van der Waals surface area contributed by atoms with Crippen molar-refractivity contribution in [3.8, 4) is 0 Å². The highest BCUT2D eigenvalue weighted by Gasteiger charge is 2.04. The normalized spacial score (nSPS) is 10.9. The minimum absolute atomic E-state index is 0.255. The van der Waals surface area contributed by atoms with Gasteiger partial charge in [-0.3, -0.25) is 9.78 Å². The first-order chi connectivity index (χ1) is 9.06. The molecule has 0 fully saturated rings. The van der Waals surface area contributed by atoms with Crippen LogP contribution in [-0.2, 0) is 0 Å². The van der Waals surface area contributed by atoms with E-state index in [-0.39, 0.29) is 11.6 Å². The highest BCUT2D eigenvalue weighted by Crippen LogP contribution is 2.11. The number of carbonyl (C=O) groups is 1. The predicted molar refractivity (Wildman–Crippen MR) is 68.7 cm³/mol.